The van der Waals surface area contributed by atoms with E-state index in [1.807, 2.05) is 33.1 Å². The van der Waals surface area contributed by atoms with Gasteiger partial charge in [0.25, 0.3) is 17.3 Å². The van der Waals surface area contributed by atoms with Crippen LogP contribution in [0.2, 0.25) is 5.02 Å². The second kappa shape index (κ2) is 11.1. The van der Waals surface area contributed by atoms with Crippen molar-refractivity contribution in [2.45, 2.75) is 69.7 Å². The number of aryl methyl sites for hydroxylation is 1. The minimum atomic E-state index is -0.816. The number of pyridine rings is 1. The average molecular weight is 601 g/mol. The van der Waals surface area contributed by atoms with Crippen LogP contribution < -0.4 is 20.3 Å². The highest BCUT2D eigenvalue weighted by Gasteiger charge is 2.49. The van der Waals surface area contributed by atoms with Crippen molar-refractivity contribution in [3.05, 3.63) is 49.9 Å². The van der Waals surface area contributed by atoms with E-state index in [1.54, 1.807) is 6.07 Å². The molecule has 10 heteroatoms. The number of aromatic nitrogens is 1. The first kappa shape index (κ1) is 28.9. The van der Waals surface area contributed by atoms with Gasteiger partial charge in [-0.1, -0.05) is 11.6 Å². The maximum Gasteiger partial charge on any atom is 0.254 e. The second-order valence-corrected chi connectivity index (χ2v) is 13.9. The molecule has 3 aliphatic heterocycles. The van der Waals surface area contributed by atoms with E-state index in [9.17, 15) is 9.59 Å². The van der Waals surface area contributed by atoms with Gasteiger partial charge in [0.05, 0.1) is 5.02 Å². The van der Waals surface area contributed by atoms with Gasteiger partial charge >= 0.3 is 0 Å². The molecule has 222 valence electrons. The molecule has 0 spiro atoms. The first-order chi connectivity index (χ1) is 19.6. The van der Waals surface area contributed by atoms with Crippen LogP contribution in [0.1, 0.15) is 59.8 Å². The van der Waals surface area contributed by atoms with Gasteiger partial charge in [0.1, 0.15) is 0 Å². The summed E-state index contributed by atoms with van der Waals surface area (Å²) in [6, 6.07) is 4.20. The average Bonchev–Trinajstić information content (AvgIpc) is 3.61. The molecule has 2 aromatic rings. The van der Waals surface area contributed by atoms with Crippen molar-refractivity contribution >= 4 is 29.3 Å². The molecule has 1 saturated carbocycles. The van der Waals surface area contributed by atoms with Gasteiger partial charge in [-0.05, 0) is 76.8 Å². The normalized spacial score (nSPS) is 29.6. The van der Waals surface area contributed by atoms with Crippen LogP contribution in [0.4, 0.5) is 0 Å². The third kappa shape index (κ3) is 5.39. The van der Waals surface area contributed by atoms with Crippen molar-refractivity contribution < 1.29 is 14.3 Å². The number of carbonyl (C=O) groups excluding carboxylic acids is 1. The zero-order chi connectivity index (χ0) is 29.1. The summed E-state index contributed by atoms with van der Waals surface area (Å²) >= 11 is 8.16. The highest BCUT2D eigenvalue weighted by Crippen LogP contribution is 2.52. The first-order valence-electron chi connectivity index (χ1n) is 14.7. The number of aromatic amines is 1. The lowest BCUT2D eigenvalue weighted by atomic mass is 9.81. The summed E-state index contributed by atoms with van der Waals surface area (Å²) in [5.41, 5.74) is 2.24. The van der Waals surface area contributed by atoms with Crippen LogP contribution in [0.3, 0.4) is 0 Å². The molecule has 1 aromatic heterocycles. The van der Waals surface area contributed by atoms with Crippen molar-refractivity contribution in [3.63, 3.8) is 0 Å². The van der Waals surface area contributed by atoms with Crippen molar-refractivity contribution in [2.24, 2.45) is 17.8 Å². The van der Waals surface area contributed by atoms with E-state index in [2.05, 4.69) is 27.1 Å². The Balaban J connectivity index is 1.11. The fourth-order valence-corrected chi connectivity index (χ4v) is 8.51. The molecule has 4 heterocycles. The van der Waals surface area contributed by atoms with Crippen LogP contribution >= 0.6 is 23.4 Å². The number of nitrogens with zero attached hydrogens (tertiary/aromatic N) is 2. The molecule has 41 heavy (non-hydrogen) atoms. The summed E-state index contributed by atoms with van der Waals surface area (Å²) in [6.07, 6.45) is 6.28. The number of hydrogen-bond acceptors (Lipinski definition) is 7. The summed E-state index contributed by atoms with van der Waals surface area (Å²) in [6.45, 7) is 10.8. The molecule has 6 rings (SSSR count). The lowest BCUT2D eigenvalue weighted by Gasteiger charge is -2.40. The summed E-state index contributed by atoms with van der Waals surface area (Å²) in [5, 5.41) is 3.27. The number of benzene rings is 1. The number of halogens is 1. The van der Waals surface area contributed by atoms with E-state index in [4.69, 9.17) is 21.1 Å². The standard InChI is InChI=1S/C31H41ClN4O4S/c1-17-10-26(41-5)24(30(38)34-17)12-33-29(37)23-11-25(32)28-27(18(23)2)39-31(3,40-28)21-6-8-22(9-7-21)36-15-19-13-35(4)14-20(19)16-36/h10-11,19-22H,6-9,12-16H2,1-5H3,(H,33,37)(H,34,38)/t19?,20?,21-,22+,31?. The van der Waals surface area contributed by atoms with E-state index in [1.165, 1.54) is 37.9 Å². The molecule has 1 aliphatic carbocycles. The van der Waals surface area contributed by atoms with E-state index < -0.39 is 5.79 Å². The van der Waals surface area contributed by atoms with E-state index in [0.29, 0.717) is 39.3 Å². The summed E-state index contributed by atoms with van der Waals surface area (Å²) in [5.74, 6) is 1.83. The molecule has 2 N–H and O–H groups in total. The smallest absolute Gasteiger partial charge is 0.254 e. The maximum atomic E-state index is 13.3. The number of likely N-dealkylation sites (tertiary alicyclic amines) is 2. The number of rotatable bonds is 6. The number of fused-ring (bicyclic) bond motifs is 2. The number of carbonyl (C=O) groups is 1. The molecule has 0 bridgehead atoms. The topological polar surface area (TPSA) is 86.9 Å². The van der Waals surface area contributed by atoms with Crippen LogP contribution in [-0.2, 0) is 6.54 Å². The lowest BCUT2D eigenvalue weighted by Crippen LogP contribution is -2.47. The van der Waals surface area contributed by atoms with Gasteiger partial charge in [-0.3, -0.25) is 14.5 Å². The third-order valence-corrected chi connectivity index (χ3v) is 10.9. The predicted molar refractivity (Wildman–Crippen MR) is 162 cm³/mol. The van der Waals surface area contributed by atoms with Crippen LogP contribution in [0, 0.1) is 31.6 Å². The Labute approximate surface area is 251 Å². The SMILES string of the molecule is CSc1cc(C)[nH]c(=O)c1CNC(=O)c1cc(Cl)c2c(c1C)OC(C)([C@H]1CC[C@@H](N3CC4CN(C)CC4C3)CC1)O2. The fraction of sp³-hybridized carbons (Fsp3) is 0.613. The van der Waals surface area contributed by atoms with Crippen LogP contribution in [0.25, 0.3) is 0 Å². The Morgan fingerprint density at radius 3 is 2.41 bits per heavy atom. The third-order valence-electron chi connectivity index (χ3n) is 9.82. The van der Waals surface area contributed by atoms with Gasteiger partial charge in [-0.15, -0.1) is 11.8 Å². The minimum absolute atomic E-state index is 0.117. The zero-order valence-corrected chi connectivity index (χ0v) is 26.2. The fourth-order valence-electron chi connectivity index (χ4n) is 7.58. The molecule has 1 amide bonds. The Morgan fingerprint density at radius 1 is 1.10 bits per heavy atom. The monoisotopic (exact) mass is 600 g/mol. The molecular formula is C31H41ClN4O4S. The molecule has 3 fully saturated rings. The summed E-state index contributed by atoms with van der Waals surface area (Å²) < 4.78 is 13.0. The summed E-state index contributed by atoms with van der Waals surface area (Å²) in [7, 11) is 2.24. The van der Waals surface area contributed by atoms with Crippen molar-refractivity contribution in [1.82, 2.24) is 20.1 Å². The predicted octanol–water partition coefficient (Wildman–Crippen LogP) is 4.84. The lowest BCUT2D eigenvalue weighted by molar-refractivity contribution is -0.124. The number of hydrogen-bond donors (Lipinski definition) is 2. The van der Waals surface area contributed by atoms with Gasteiger partial charge in [0.2, 0.25) is 0 Å². The zero-order valence-electron chi connectivity index (χ0n) is 24.6. The molecule has 2 saturated heterocycles. The largest absolute Gasteiger partial charge is 0.448 e. The highest BCUT2D eigenvalue weighted by molar-refractivity contribution is 7.98. The Hall–Kier alpha value is -2.20. The molecule has 0 radical (unpaired) electrons. The van der Waals surface area contributed by atoms with Gasteiger partial charge in [-0.25, -0.2) is 0 Å². The van der Waals surface area contributed by atoms with Crippen molar-refractivity contribution in [3.8, 4) is 11.5 Å². The molecule has 4 aliphatic rings. The van der Waals surface area contributed by atoms with Crippen LogP contribution in [0.5, 0.6) is 11.5 Å². The summed E-state index contributed by atoms with van der Waals surface area (Å²) in [4.78, 5) is 34.7. The van der Waals surface area contributed by atoms with Crippen molar-refractivity contribution in [2.75, 3.05) is 39.5 Å². The number of nitrogens with one attached hydrogen (secondary N) is 2. The van der Waals surface area contributed by atoms with Crippen LogP contribution in [0.15, 0.2) is 21.8 Å². The molecule has 3 unspecified atom stereocenters. The van der Waals surface area contributed by atoms with E-state index >= 15 is 0 Å². The Kier molecular flexibility index (Phi) is 7.85. The number of ether oxygens (including phenoxy) is 2. The van der Waals surface area contributed by atoms with Gasteiger partial charge in [0, 0.05) is 78.9 Å². The maximum absolute atomic E-state index is 13.3. The molecule has 8 nitrogen and oxygen atoms in total. The van der Waals surface area contributed by atoms with Gasteiger partial charge in [-0.2, -0.15) is 0 Å². The number of amides is 1. The number of H-pyrrole nitrogens is 1. The second-order valence-electron chi connectivity index (χ2n) is 12.6. The van der Waals surface area contributed by atoms with Gasteiger partial charge < -0.3 is 24.7 Å². The van der Waals surface area contributed by atoms with Gasteiger partial charge in [0.15, 0.2) is 11.5 Å². The molecule has 1 aromatic carbocycles. The van der Waals surface area contributed by atoms with E-state index in [0.717, 1.165) is 48.1 Å². The van der Waals surface area contributed by atoms with Crippen LogP contribution in [-0.4, -0.2) is 72.0 Å². The molecule has 3 atom stereocenters. The first-order valence-corrected chi connectivity index (χ1v) is 16.3. The Bertz CT molecular complexity index is 1390. The highest BCUT2D eigenvalue weighted by atomic mass is 35.5. The van der Waals surface area contributed by atoms with E-state index in [-0.39, 0.29) is 23.9 Å². The quantitative estimate of drug-likeness (QED) is 0.459. The Morgan fingerprint density at radius 2 is 1.76 bits per heavy atom. The molecular weight excluding hydrogens is 560 g/mol. The number of thioether (sulfide) groups is 1. The minimum Gasteiger partial charge on any atom is -0.448 e. The van der Waals surface area contributed by atoms with Crippen molar-refractivity contribution in [1.29, 1.82) is 0 Å².